The highest BCUT2D eigenvalue weighted by Gasteiger charge is 2.41. The van der Waals surface area contributed by atoms with E-state index in [1.807, 2.05) is 24.8 Å². The average molecular weight is 510 g/mol. The molecule has 2 aliphatic heterocycles. The van der Waals surface area contributed by atoms with Crippen molar-refractivity contribution in [1.82, 2.24) is 34.6 Å². The molecule has 4 aliphatic rings. The Balaban J connectivity index is 0.985. The topological polar surface area (TPSA) is 76.3 Å². The van der Waals surface area contributed by atoms with E-state index in [1.165, 1.54) is 90.3 Å². The smallest absolute Gasteiger partial charge is 0.120 e. The normalized spacial score (nSPS) is 28.2. The van der Waals surface area contributed by atoms with Crippen molar-refractivity contribution in [3.05, 3.63) is 36.4 Å². The summed E-state index contributed by atoms with van der Waals surface area (Å²) in [5, 5.41) is 0. The van der Waals surface area contributed by atoms with Crippen LogP contribution in [0.3, 0.4) is 0 Å². The van der Waals surface area contributed by atoms with Crippen LogP contribution in [0.4, 0.5) is 0 Å². The van der Waals surface area contributed by atoms with Crippen molar-refractivity contribution < 1.29 is 4.74 Å². The third-order valence-corrected chi connectivity index (χ3v) is 9.79. The molecule has 0 bridgehead atoms. The van der Waals surface area contributed by atoms with Gasteiger partial charge in [0.1, 0.15) is 11.6 Å². The van der Waals surface area contributed by atoms with Crippen molar-refractivity contribution in [1.29, 1.82) is 0 Å². The van der Waals surface area contributed by atoms with Gasteiger partial charge in [-0.25, -0.2) is 9.97 Å². The van der Waals surface area contributed by atoms with Gasteiger partial charge < -0.3 is 19.6 Å². The zero-order valence-corrected chi connectivity index (χ0v) is 22.6. The Bertz CT molecular complexity index is 874. The van der Waals surface area contributed by atoms with Crippen LogP contribution in [0.5, 0.6) is 0 Å². The summed E-state index contributed by atoms with van der Waals surface area (Å²) in [6, 6.07) is 1.44. The van der Waals surface area contributed by atoms with E-state index in [2.05, 4.69) is 34.6 Å². The van der Waals surface area contributed by atoms with Crippen LogP contribution in [0.1, 0.15) is 82.3 Å². The van der Waals surface area contributed by atoms with Gasteiger partial charge in [-0.2, -0.15) is 0 Å². The lowest BCUT2D eigenvalue weighted by atomic mass is 9.83. The first-order valence-electron chi connectivity index (χ1n) is 15.1. The van der Waals surface area contributed by atoms with Crippen LogP contribution in [0.25, 0.3) is 0 Å². The summed E-state index contributed by atoms with van der Waals surface area (Å²) in [6.07, 6.45) is 22.3. The molecule has 2 saturated heterocycles. The largest absolute Gasteiger partial charge is 0.372 e. The van der Waals surface area contributed by atoms with Crippen LogP contribution in [0, 0.1) is 5.92 Å². The number of nitrogens with zero attached hydrogens (tertiary/aromatic N) is 5. The van der Waals surface area contributed by atoms with E-state index in [0.717, 1.165) is 56.4 Å². The molecule has 2 aliphatic carbocycles. The summed E-state index contributed by atoms with van der Waals surface area (Å²) in [7, 11) is 0. The molecule has 4 fully saturated rings. The van der Waals surface area contributed by atoms with Gasteiger partial charge in [-0.05, 0) is 57.3 Å². The first-order chi connectivity index (χ1) is 18.2. The summed E-state index contributed by atoms with van der Waals surface area (Å²) in [5.41, 5.74) is 0.115. The van der Waals surface area contributed by atoms with Gasteiger partial charge in [0.2, 0.25) is 0 Å². The number of H-pyrrole nitrogens is 2. The van der Waals surface area contributed by atoms with E-state index in [1.54, 1.807) is 0 Å². The minimum Gasteiger partial charge on any atom is -0.372 e. The molecule has 2 aromatic heterocycles. The highest BCUT2D eigenvalue weighted by Crippen LogP contribution is 2.35. The maximum atomic E-state index is 6.52. The van der Waals surface area contributed by atoms with Gasteiger partial charge in [0.25, 0.3) is 0 Å². The Morgan fingerprint density at radius 1 is 0.865 bits per heavy atom. The molecule has 0 aromatic carbocycles. The first kappa shape index (κ1) is 25.5. The van der Waals surface area contributed by atoms with Gasteiger partial charge in [0.05, 0.1) is 25.3 Å². The number of likely N-dealkylation sites (tertiary alicyclic amines) is 1. The molecule has 6 rings (SSSR count). The lowest BCUT2D eigenvalue weighted by Crippen LogP contribution is -2.58. The van der Waals surface area contributed by atoms with Gasteiger partial charge in [0, 0.05) is 69.6 Å². The fraction of sp³-hybridized carbons (Fsp3) is 0.793. The van der Waals surface area contributed by atoms with Gasteiger partial charge in [-0.3, -0.25) is 9.80 Å². The molecule has 204 valence electrons. The Labute approximate surface area is 222 Å². The molecule has 0 atom stereocenters. The second-order valence-electron chi connectivity index (χ2n) is 12.2. The first-order valence-corrected chi connectivity index (χ1v) is 15.1. The Morgan fingerprint density at radius 2 is 1.54 bits per heavy atom. The second-order valence-corrected chi connectivity index (χ2v) is 12.2. The highest BCUT2D eigenvalue weighted by molar-refractivity contribution is 4.96. The molecule has 0 amide bonds. The molecule has 2 N–H and O–H groups in total. The quantitative estimate of drug-likeness (QED) is 0.556. The summed E-state index contributed by atoms with van der Waals surface area (Å²) in [6.45, 7) is 8.61. The minimum absolute atomic E-state index is 0.115. The Hall–Kier alpha value is -1.74. The number of hydrogen-bond donors (Lipinski definition) is 2. The van der Waals surface area contributed by atoms with E-state index in [4.69, 9.17) is 4.74 Å². The standard InChI is InChI=1S/C29H47N7O/c1-2-4-25(5-3-1)35-16-10-29(11-17-35)23-34(18-19-37-29)20-24-6-8-26(9-7-24)36(21-27-30-12-13-31-27)22-28-32-14-15-33-28/h12-15,24-26H,1-11,16-23H2,(H,30,31)(H,32,33). The number of rotatable bonds is 8. The molecule has 37 heavy (non-hydrogen) atoms. The maximum absolute atomic E-state index is 6.52. The molecule has 4 heterocycles. The van der Waals surface area contributed by atoms with Crippen LogP contribution in [-0.2, 0) is 17.8 Å². The summed E-state index contributed by atoms with van der Waals surface area (Å²) in [5.74, 6) is 2.89. The third kappa shape index (κ3) is 6.47. The van der Waals surface area contributed by atoms with Crippen LogP contribution in [0.15, 0.2) is 24.8 Å². The zero-order valence-electron chi connectivity index (χ0n) is 22.6. The summed E-state index contributed by atoms with van der Waals surface area (Å²) < 4.78 is 6.52. The molecule has 1 spiro atoms. The van der Waals surface area contributed by atoms with Gasteiger partial charge in [-0.1, -0.05) is 19.3 Å². The van der Waals surface area contributed by atoms with Crippen LogP contribution in [-0.4, -0.2) is 91.7 Å². The average Bonchev–Trinajstić information content (AvgIpc) is 3.65. The van der Waals surface area contributed by atoms with Crippen LogP contribution in [0.2, 0.25) is 0 Å². The molecule has 8 heteroatoms. The van der Waals surface area contributed by atoms with Crippen molar-refractivity contribution in [2.75, 3.05) is 39.3 Å². The number of aromatic nitrogens is 4. The monoisotopic (exact) mass is 509 g/mol. The SMILES string of the molecule is c1c[nH]c(CN(Cc2ncc[nH]2)C2CCC(CN3CCOC4(CCN(C5CCCCC5)CC4)C3)CC2)n1. The van der Waals surface area contributed by atoms with Crippen molar-refractivity contribution in [2.24, 2.45) is 5.92 Å². The summed E-state index contributed by atoms with van der Waals surface area (Å²) in [4.78, 5) is 23.7. The highest BCUT2D eigenvalue weighted by atomic mass is 16.5. The van der Waals surface area contributed by atoms with Gasteiger partial charge in [-0.15, -0.1) is 0 Å². The van der Waals surface area contributed by atoms with E-state index >= 15 is 0 Å². The second kappa shape index (κ2) is 12.0. The zero-order chi connectivity index (χ0) is 24.9. The number of imidazole rings is 2. The predicted octanol–water partition coefficient (Wildman–Crippen LogP) is 4.19. The number of hydrogen-bond acceptors (Lipinski definition) is 6. The lowest BCUT2D eigenvalue weighted by molar-refractivity contribution is -0.142. The van der Waals surface area contributed by atoms with Crippen molar-refractivity contribution in [3.8, 4) is 0 Å². The van der Waals surface area contributed by atoms with E-state index < -0.39 is 0 Å². The number of aromatic amines is 2. The van der Waals surface area contributed by atoms with Gasteiger partial charge >= 0.3 is 0 Å². The van der Waals surface area contributed by atoms with Crippen molar-refractivity contribution in [3.63, 3.8) is 0 Å². The number of ether oxygens (including phenoxy) is 1. The summed E-state index contributed by atoms with van der Waals surface area (Å²) >= 11 is 0. The van der Waals surface area contributed by atoms with Crippen molar-refractivity contribution >= 4 is 0 Å². The van der Waals surface area contributed by atoms with E-state index in [-0.39, 0.29) is 5.60 Å². The van der Waals surface area contributed by atoms with Crippen LogP contribution < -0.4 is 0 Å². The fourth-order valence-corrected chi connectivity index (χ4v) is 7.65. The minimum atomic E-state index is 0.115. The number of piperidine rings is 1. The molecule has 0 unspecified atom stereocenters. The lowest BCUT2D eigenvalue weighted by Gasteiger charge is -2.50. The third-order valence-electron chi connectivity index (χ3n) is 9.79. The van der Waals surface area contributed by atoms with E-state index in [9.17, 15) is 0 Å². The predicted molar refractivity (Wildman–Crippen MR) is 145 cm³/mol. The fourth-order valence-electron chi connectivity index (χ4n) is 7.65. The Kier molecular flexibility index (Phi) is 8.26. The van der Waals surface area contributed by atoms with E-state index in [0.29, 0.717) is 6.04 Å². The Morgan fingerprint density at radius 3 is 2.16 bits per heavy atom. The number of morpholine rings is 1. The van der Waals surface area contributed by atoms with Gasteiger partial charge in [0.15, 0.2) is 0 Å². The molecular formula is C29H47N7O. The maximum Gasteiger partial charge on any atom is 0.120 e. The molecule has 0 radical (unpaired) electrons. The van der Waals surface area contributed by atoms with Crippen molar-refractivity contribution in [2.45, 2.75) is 101 Å². The molecule has 8 nitrogen and oxygen atoms in total. The molecule has 2 aromatic rings. The molecule has 2 saturated carbocycles. The number of nitrogens with one attached hydrogen (secondary N) is 2. The van der Waals surface area contributed by atoms with Crippen LogP contribution >= 0.6 is 0 Å². The molecular weight excluding hydrogens is 462 g/mol.